The number of halogens is 2. The van der Waals surface area contributed by atoms with Gasteiger partial charge < -0.3 is 10.6 Å². The predicted molar refractivity (Wildman–Crippen MR) is 84.9 cm³/mol. The summed E-state index contributed by atoms with van der Waals surface area (Å²) in [6.07, 6.45) is 2.11. The largest absolute Gasteiger partial charge is 0.335 e. The first kappa shape index (κ1) is 17.0. The van der Waals surface area contributed by atoms with Crippen LogP contribution in [0, 0.1) is 0 Å². The maximum atomic E-state index is 12.3. The van der Waals surface area contributed by atoms with Crippen LogP contribution in [0.15, 0.2) is 30.9 Å². The van der Waals surface area contributed by atoms with Crippen LogP contribution in [0.1, 0.15) is 25.8 Å². The molecule has 0 spiro atoms. The zero-order valence-corrected chi connectivity index (χ0v) is 13.3. The molecule has 1 aromatic rings. The molecule has 0 fully saturated rings. The minimum atomic E-state index is -0.558. The number of benzene rings is 1. The first-order chi connectivity index (χ1) is 9.36. The van der Waals surface area contributed by atoms with Crippen LogP contribution in [-0.4, -0.2) is 22.9 Å². The first-order valence-corrected chi connectivity index (χ1v) is 7.23. The van der Waals surface area contributed by atoms with Gasteiger partial charge in [-0.1, -0.05) is 35.3 Å². The van der Waals surface area contributed by atoms with E-state index in [0.29, 0.717) is 23.0 Å². The highest BCUT2D eigenvalue weighted by atomic mass is 35.5. The fourth-order valence-electron chi connectivity index (χ4n) is 1.84. The number of amides is 1. The molecular weight excluding hydrogens is 295 g/mol. The number of rotatable bonds is 6. The maximum Gasteiger partial charge on any atom is 0.240 e. The summed E-state index contributed by atoms with van der Waals surface area (Å²) in [6, 6.07) is 4.85. The van der Waals surface area contributed by atoms with E-state index in [0.717, 1.165) is 5.56 Å². The summed E-state index contributed by atoms with van der Waals surface area (Å²) in [6.45, 7) is 7.98. The maximum absolute atomic E-state index is 12.3. The van der Waals surface area contributed by atoms with E-state index in [-0.39, 0.29) is 11.9 Å². The Balaban J connectivity index is 2.89. The summed E-state index contributed by atoms with van der Waals surface area (Å²) < 4.78 is 0. The van der Waals surface area contributed by atoms with Gasteiger partial charge in [0, 0.05) is 12.6 Å². The van der Waals surface area contributed by atoms with Gasteiger partial charge in [0.2, 0.25) is 5.91 Å². The molecule has 3 nitrogen and oxygen atoms in total. The van der Waals surface area contributed by atoms with Crippen LogP contribution in [0.4, 0.5) is 0 Å². The molecule has 0 heterocycles. The second kappa shape index (κ2) is 7.67. The lowest BCUT2D eigenvalue weighted by molar-refractivity contribution is -0.134. The van der Waals surface area contributed by atoms with Crippen LogP contribution in [0.3, 0.4) is 0 Å². The summed E-state index contributed by atoms with van der Waals surface area (Å²) in [7, 11) is 0. The molecule has 110 valence electrons. The monoisotopic (exact) mass is 314 g/mol. The molecule has 5 heteroatoms. The number of carbonyl (C=O) groups excluding carboxylic acids is 1. The Labute approximate surface area is 130 Å². The van der Waals surface area contributed by atoms with Gasteiger partial charge in [-0.15, -0.1) is 6.58 Å². The van der Waals surface area contributed by atoms with Gasteiger partial charge in [0.25, 0.3) is 0 Å². The Morgan fingerprint density at radius 3 is 2.55 bits per heavy atom. The van der Waals surface area contributed by atoms with Crippen LogP contribution in [-0.2, 0) is 11.3 Å². The van der Waals surface area contributed by atoms with Crippen molar-refractivity contribution in [2.24, 2.45) is 5.73 Å². The van der Waals surface area contributed by atoms with Crippen molar-refractivity contribution in [3.63, 3.8) is 0 Å². The van der Waals surface area contributed by atoms with Gasteiger partial charge in [-0.25, -0.2) is 0 Å². The lowest BCUT2D eigenvalue weighted by Crippen LogP contribution is -2.46. The van der Waals surface area contributed by atoms with Gasteiger partial charge in [0.05, 0.1) is 16.1 Å². The average Bonchev–Trinajstić information content (AvgIpc) is 2.39. The van der Waals surface area contributed by atoms with E-state index >= 15 is 0 Å². The molecule has 1 amide bonds. The van der Waals surface area contributed by atoms with E-state index in [1.54, 1.807) is 23.1 Å². The quantitative estimate of drug-likeness (QED) is 0.815. The summed E-state index contributed by atoms with van der Waals surface area (Å²) in [4.78, 5) is 14.1. The van der Waals surface area contributed by atoms with Crippen molar-refractivity contribution in [2.75, 3.05) is 0 Å². The Morgan fingerprint density at radius 1 is 1.40 bits per heavy atom. The summed E-state index contributed by atoms with van der Waals surface area (Å²) >= 11 is 11.9. The van der Waals surface area contributed by atoms with E-state index in [1.807, 2.05) is 19.9 Å². The number of carbonyl (C=O) groups is 1. The van der Waals surface area contributed by atoms with Crippen molar-refractivity contribution in [3.8, 4) is 0 Å². The van der Waals surface area contributed by atoms with E-state index in [2.05, 4.69) is 6.58 Å². The van der Waals surface area contributed by atoms with Gasteiger partial charge in [-0.05, 0) is 38.0 Å². The van der Waals surface area contributed by atoms with Crippen LogP contribution in [0.2, 0.25) is 10.0 Å². The van der Waals surface area contributed by atoms with Crippen molar-refractivity contribution in [1.82, 2.24) is 4.90 Å². The second-order valence-corrected chi connectivity index (χ2v) is 5.75. The molecule has 1 atom stereocenters. The molecule has 2 N–H and O–H groups in total. The third-order valence-electron chi connectivity index (χ3n) is 2.98. The van der Waals surface area contributed by atoms with Crippen LogP contribution in [0.25, 0.3) is 0 Å². The summed E-state index contributed by atoms with van der Waals surface area (Å²) in [5.41, 5.74) is 6.79. The third-order valence-corrected chi connectivity index (χ3v) is 3.72. The highest BCUT2D eigenvalue weighted by Gasteiger charge is 2.22. The second-order valence-electron chi connectivity index (χ2n) is 4.94. The minimum absolute atomic E-state index is 0.0489. The fraction of sp³-hybridized carbons (Fsp3) is 0.400. The van der Waals surface area contributed by atoms with Crippen molar-refractivity contribution >= 4 is 29.1 Å². The predicted octanol–water partition coefficient (Wildman–Crippen LogP) is 3.63. The molecule has 1 aromatic carbocycles. The molecule has 0 radical (unpaired) electrons. The minimum Gasteiger partial charge on any atom is -0.335 e. The van der Waals surface area contributed by atoms with Crippen molar-refractivity contribution < 1.29 is 4.79 Å². The van der Waals surface area contributed by atoms with Crippen LogP contribution in [0.5, 0.6) is 0 Å². The molecular formula is C15H20Cl2N2O. The first-order valence-electron chi connectivity index (χ1n) is 6.47. The smallest absolute Gasteiger partial charge is 0.240 e. The molecule has 0 saturated heterocycles. The highest BCUT2D eigenvalue weighted by Crippen LogP contribution is 2.23. The summed E-state index contributed by atoms with van der Waals surface area (Å²) in [5.74, 6) is -0.0917. The normalized spacial score (nSPS) is 12.3. The third kappa shape index (κ3) is 4.51. The Morgan fingerprint density at radius 2 is 2.05 bits per heavy atom. The molecule has 0 bridgehead atoms. The number of hydrogen-bond acceptors (Lipinski definition) is 2. The van der Waals surface area contributed by atoms with Crippen molar-refractivity contribution in [1.29, 1.82) is 0 Å². The molecule has 0 aliphatic heterocycles. The molecule has 0 aliphatic carbocycles. The van der Waals surface area contributed by atoms with Gasteiger partial charge in [-0.2, -0.15) is 0 Å². The molecule has 0 saturated carbocycles. The van der Waals surface area contributed by atoms with Gasteiger partial charge in [0.15, 0.2) is 0 Å². The van der Waals surface area contributed by atoms with Crippen LogP contribution >= 0.6 is 23.2 Å². The zero-order valence-electron chi connectivity index (χ0n) is 11.8. The molecule has 1 unspecified atom stereocenters. The molecule has 1 rings (SSSR count). The Hall–Kier alpha value is -1.03. The number of hydrogen-bond donors (Lipinski definition) is 1. The molecule has 20 heavy (non-hydrogen) atoms. The topological polar surface area (TPSA) is 46.3 Å². The molecule has 0 aromatic heterocycles. The van der Waals surface area contributed by atoms with E-state index < -0.39 is 6.04 Å². The highest BCUT2D eigenvalue weighted by molar-refractivity contribution is 6.42. The zero-order chi connectivity index (χ0) is 15.3. The van der Waals surface area contributed by atoms with Crippen molar-refractivity contribution in [3.05, 3.63) is 46.5 Å². The Bertz CT molecular complexity index is 489. The fourth-order valence-corrected chi connectivity index (χ4v) is 2.16. The van der Waals surface area contributed by atoms with E-state index in [1.165, 1.54) is 0 Å². The average molecular weight is 315 g/mol. The SMILES string of the molecule is C=CCC(N)C(=O)N(Cc1ccc(Cl)c(Cl)c1)C(C)C. The summed E-state index contributed by atoms with van der Waals surface area (Å²) in [5, 5.41) is 0.983. The number of nitrogens with two attached hydrogens (primary N) is 1. The number of nitrogens with zero attached hydrogens (tertiary/aromatic N) is 1. The van der Waals surface area contributed by atoms with E-state index in [9.17, 15) is 4.79 Å². The Kier molecular flexibility index (Phi) is 6.53. The molecule has 0 aliphatic rings. The lowest BCUT2D eigenvalue weighted by atomic mass is 10.1. The van der Waals surface area contributed by atoms with Gasteiger partial charge in [0.1, 0.15) is 0 Å². The lowest BCUT2D eigenvalue weighted by Gasteiger charge is -2.29. The van der Waals surface area contributed by atoms with E-state index in [4.69, 9.17) is 28.9 Å². The standard InChI is InChI=1S/C15H20Cl2N2O/c1-4-5-14(18)15(20)19(10(2)3)9-11-6-7-12(16)13(17)8-11/h4,6-8,10,14H,1,5,9,18H2,2-3H3. The van der Waals surface area contributed by atoms with Gasteiger partial charge >= 0.3 is 0 Å². The van der Waals surface area contributed by atoms with Crippen LogP contribution < -0.4 is 5.73 Å². The van der Waals surface area contributed by atoms with Gasteiger partial charge in [-0.3, -0.25) is 4.79 Å². The van der Waals surface area contributed by atoms with Crippen molar-refractivity contribution in [2.45, 2.75) is 38.9 Å².